The highest BCUT2D eigenvalue weighted by molar-refractivity contribution is 5.95. The van der Waals surface area contributed by atoms with E-state index in [1.54, 1.807) is 11.0 Å². The van der Waals surface area contributed by atoms with E-state index in [0.717, 1.165) is 16.7 Å². The maximum atomic E-state index is 14.3. The molecule has 0 radical (unpaired) electrons. The molecule has 0 saturated carbocycles. The standard InChI is InChI=1S/C21H24FNO3/c1-13-5-6-14(2)18(9-13)20-11-23(15(3)12-26-20)21(24)17-8-7-16(25-4)10-19(17)22/h5-10,15,20H,11-12H2,1-4H3/t15-,20+/m0/s1. The summed E-state index contributed by atoms with van der Waals surface area (Å²) < 4.78 is 25.3. The summed E-state index contributed by atoms with van der Waals surface area (Å²) in [7, 11) is 1.47. The minimum Gasteiger partial charge on any atom is -0.497 e. The number of benzene rings is 2. The van der Waals surface area contributed by atoms with E-state index in [4.69, 9.17) is 9.47 Å². The number of methoxy groups -OCH3 is 1. The Labute approximate surface area is 153 Å². The Morgan fingerprint density at radius 1 is 1.23 bits per heavy atom. The van der Waals surface area contributed by atoms with Crippen LogP contribution >= 0.6 is 0 Å². The first-order valence-corrected chi connectivity index (χ1v) is 8.74. The lowest BCUT2D eigenvalue weighted by Gasteiger charge is -2.38. The van der Waals surface area contributed by atoms with Crippen molar-refractivity contribution in [1.29, 1.82) is 0 Å². The maximum Gasteiger partial charge on any atom is 0.257 e. The highest BCUT2D eigenvalue weighted by Gasteiger charge is 2.32. The van der Waals surface area contributed by atoms with Crippen molar-refractivity contribution >= 4 is 5.91 Å². The van der Waals surface area contributed by atoms with Gasteiger partial charge in [0.25, 0.3) is 5.91 Å². The summed E-state index contributed by atoms with van der Waals surface area (Å²) in [6.07, 6.45) is -0.212. The van der Waals surface area contributed by atoms with E-state index in [9.17, 15) is 9.18 Å². The number of hydrogen-bond acceptors (Lipinski definition) is 3. The third-order valence-electron chi connectivity index (χ3n) is 4.88. The predicted molar refractivity (Wildman–Crippen MR) is 98.1 cm³/mol. The zero-order valence-corrected chi connectivity index (χ0v) is 15.6. The van der Waals surface area contributed by atoms with Gasteiger partial charge in [-0.25, -0.2) is 4.39 Å². The lowest BCUT2D eigenvalue weighted by atomic mass is 9.98. The molecule has 0 aromatic heterocycles. The number of aryl methyl sites for hydroxylation is 2. The molecule has 0 unspecified atom stereocenters. The van der Waals surface area contributed by atoms with Crippen LogP contribution in [-0.4, -0.2) is 37.1 Å². The Hall–Kier alpha value is -2.40. The van der Waals surface area contributed by atoms with Crippen LogP contribution in [0.2, 0.25) is 0 Å². The molecule has 0 bridgehead atoms. The molecule has 2 aromatic rings. The third kappa shape index (κ3) is 3.58. The van der Waals surface area contributed by atoms with E-state index >= 15 is 0 Å². The van der Waals surface area contributed by atoms with Gasteiger partial charge in [0.2, 0.25) is 0 Å². The van der Waals surface area contributed by atoms with Gasteiger partial charge in [-0.05, 0) is 44.0 Å². The maximum absolute atomic E-state index is 14.3. The number of carbonyl (C=O) groups is 1. The summed E-state index contributed by atoms with van der Waals surface area (Å²) in [6.45, 7) is 6.80. The van der Waals surface area contributed by atoms with Gasteiger partial charge in [-0.15, -0.1) is 0 Å². The molecule has 26 heavy (non-hydrogen) atoms. The first-order chi connectivity index (χ1) is 12.4. The first-order valence-electron chi connectivity index (χ1n) is 8.74. The number of halogens is 1. The van der Waals surface area contributed by atoms with Gasteiger partial charge in [-0.2, -0.15) is 0 Å². The Balaban J connectivity index is 1.86. The average Bonchev–Trinajstić information content (AvgIpc) is 2.63. The molecule has 138 valence electrons. The van der Waals surface area contributed by atoms with Crippen LogP contribution in [0.1, 0.15) is 40.1 Å². The molecule has 0 spiro atoms. The number of nitrogens with zero attached hydrogens (tertiary/aromatic N) is 1. The van der Waals surface area contributed by atoms with E-state index in [1.807, 2.05) is 20.8 Å². The molecule has 3 rings (SSSR count). The van der Waals surface area contributed by atoms with E-state index in [2.05, 4.69) is 18.2 Å². The minimum atomic E-state index is -0.573. The largest absolute Gasteiger partial charge is 0.497 e. The van der Waals surface area contributed by atoms with Gasteiger partial charge in [0.1, 0.15) is 17.7 Å². The van der Waals surface area contributed by atoms with Crippen LogP contribution < -0.4 is 4.74 Å². The fourth-order valence-corrected chi connectivity index (χ4v) is 3.29. The number of amides is 1. The molecule has 0 aliphatic carbocycles. The second-order valence-electron chi connectivity index (χ2n) is 6.83. The van der Waals surface area contributed by atoms with Gasteiger partial charge in [0.15, 0.2) is 0 Å². The fraction of sp³-hybridized carbons (Fsp3) is 0.381. The highest BCUT2D eigenvalue weighted by Crippen LogP contribution is 2.29. The number of ether oxygens (including phenoxy) is 2. The molecule has 1 saturated heterocycles. The minimum absolute atomic E-state index is 0.0549. The van der Waals surface area contributed by atoms with Gasteiger partial charge >= 0.3 is 0 Å². The second kappa shape index (κ2) is 7.46. The van der Waals surface area contributed by atoms with Crippen LogP contribution in [-0.2, 0) is 4.74 Å². The van der Waals surface area contributed by atoms with Gasteiger partial charge < -0.3 is 14.4 Å². The summed E-state index contributed by atoms with van der Waals surface area (Å²) in [5.74, 6) is -0.505. The van der Waals surface area contributed by atoms with Crippen LogP contribution in [0, 0.1) is 19.7 Å². The first kappa shape index (κ1) is 18.4. The van der Waals surface area contributed by atoms with Crippen molar-refractivity contribution in [2.45, 2.75) is 32.9 Å². The Morgan fingerprint density at radius 3 is 2.69 bits per heavy atom. The van der Waals surface area contributed by atoms with Crippen molar-refractivity contribution in [3.8, 4) is 5.75 Å². The van der Waals surface area contributed by atoms with Gasteiger partial charge in [-0.1, -0.05) is 23.8 Å². The molecule has 2 aromatic carbocycles. The lowest BCUT2D eigenvalue weighted by molar-refractivity contribution is -0.0490. The molecule has 1 fully saturated rings. The Kier molecular flexibility index (Phi) is 5.28. The smallest absolute Gasteiger partial charge is 0.257 e. The monoisotopic (exact) mass is 357 g/mol. The van der Waals surface area contributed by atoms with Crippen molar-refractivity contribution in [3.63, 3.8) is 0 Å². The molecule has 5 heteroatoms. The molecular formula is C21H24FNO3. The fourth-order valence-electron chi connectivity index (χ4n) is 3.29. The van der Waals surface area contributed by atoms with Crippen molar-refractivity contribution in [2.24, 2.45) is 0 Å². The zero-order valence-electron chi connectivity index (χ0n) is 15.6. The normalized spacial score (nSPS) is 20.1. The van der Waals surface area contributed by atoms with Crippen LogP contribution in [0.4, 0.5) is 4.39 Å². The van der Waals surface area contributed by atoms with E-state index in [-0.39, 0.29) is 23.6 Å². The number of hydrogen-bond donors (Lipinski definition) is 0. The van der Waals surface area contributed by atoms with E-state index in [1.165, 1.54) is 19.2 Å². The third-order valence-corrected chi connectivity index (χ3v) is 4.88. The number of morpholine rings is 1. The molecule has 1 aliphatic rings. The molecule has 1 aliphatic heterocycles. The molecule has 2 atom stereocenters. The molecule has 1 heterocycles. The topological polar surface area (TPSA) is 38.8 Å². The van der Waals surface area contributed by atoms with Crippen LogP contribution in [0.15, 0.2) is 36.4 Å². The predicted octanol–water partition coefficient (Wildman–Crippen LogP) is 4.05. The molecular weight excluding hydrogens is 333 g/mol. The van der Waals surface area contributed by atoms with Gasteiger partial charge in [0.05, 0.1) is 31.9 Å². The van der Waals surface area contributed by atoms with E-state index < -0.39 is 5.82 Å². The van der Waals surface area contributed by atoms with Crippen molar-refractivity contribution in [3.05, 3.63) is 64.5 Å². The number of carbonyl (C=O) groups excluding carboxylic acids is 1. The molecule has 0 N–H and O–H groups in total. The van der Waals surface area contributed by atoms with E-state index in [0.29, 0.717) is 18.9 Å². The Morgan fingerprint density at radius 2 is 2.00 bits per heavy atom. The van der Waals surface area contributed by atoms with Gasteiger partial charge in [-0.3, -0.25) is 4.79 Å². The Bertz CT molecular complexity index is 821. The average molecular weight is 357 g/mol. The molecule has 1 amide bonds. The summed E-state index contributed by atoms with van der Waals surface area (Å²) in [4.78, 5) is 14.6. The van der Waals surface area contributed by atoms with Crippen LogP contribution in [0.25, 0.3) is 0 Å². The van der Waals surface area contributed by atoms with Crippen molar-refractivity contribution in [2.75, 3.05) is 20.3 Å². The lowest BCUT2D eigenvalue weighted by Crippen LogP contribution is -2.48. The highest BCUT2D eigenvalue weighted by atomic mass is 19.1. The summed E-state index contributed by atoms with van der Waals surface area (Å²) in [5.41, 5.74) is 3.40. The molecule has 4 nitrogen and oxygen atoms in total. The number of rotatable bonds is 3. The van der Waals surface area contributed by atoms with Crippen LogP contribution in [0.5, 0.6) is 5.75 Å². The zero-order chi connectivity index (χ0) is 18.8. The van der Waals surface area contributed by atoms with Crippen LogP contribution in [0.3, 0.4) is 0 Å². The quantitative estimate of drug-likeness (QED) is 0.832. The summed E-state index contributed by atoms with van der Waals surface area (Å²) in [6, 6.07) is 10.4. The summed E-state index contributed by atoms with van der Waals surface area (Å²) >= 11 is 0. The SMILES string of the molecule is COc1ccc(C(=O)N2C[C@H](c3cc(C)ccc3C)OC[C@@H]2C)c(F)c1. The second-order valence-corrected chi connectivity index (χ2v) is 6.83. The summed E-state index contributed by atoms with van der Waals surface area (Å²) in [5, 5.41) is 0. The van der Waals surface area contributed by atoms with Crippen molar-refractivity contribution in [1.82, 2.24) is 4.90 Å². The van der Waals surface area contributed by atoms with Gasteiger partial charge in [0, 0.05) is 6.07 Å². The van der Waals surface area contributed by atoms with Crippen molar-refractivity contribution < 1.29 is 18.7 Å².